The normalized spacial score (nSPS) is 20.0. The van der Waals surface area contributed by atoms with Gasteiger partial charge in [0.1, 0.15) is 0 Å². The zero-order valence-electron chi connectivity index (χ0n) is 19.9. The van der Waals surface area contributed by atoms with Crippen molar-refractivity contribution in [3.8, 4) is 0 Å². The van der Waals surface area contributed by atoms with Crippen molar-refractivity contribution < 1.29 is 4.74 Å². The fourth-order valence-electron chi connectivity index (χ4n) is 5.69. The van der Waals surface area contributed by atoms with Crippen LogP contribution in [-0.4, -0.2) is 65.5 Å². The molecule has 0 amide bonds. The summed E-state index contributed by atoms with van der Waals surface area (Å²) in [7, 11) is 1.81. The molecule has 2 aliphatic rings. The standard InChI is InChI=1S/C26H40N4O/c1-5-30-21(3)26(20(2)27-30)19-28(13-14-31-4)17-22-9-8-12-29(18-22)25-15-23-10-6-7-11-24(23)16-25/h6-7,10-11,22,25H,5,8-9,12-19H2,1-4H3/t22-/m0/s1. The highest BCUT2D eigenvalue weighted by atomic mass is 16.5. The van der Waals surface area contributed by atoms with Gasteiger partial charge in [-0.05, 0) is 70.0 Å². The van der Waals surface area contributed by atoms with Crippen LogP contribution in [0.5, 0.6) is 0 Å². The van der Waals surface area contributed by atoms with Crippen molar-refractivity contribution in [1.82, 2.24) is 19.6 Å². The molecule has 5 heteroatoms. The first-order chi connectivity index (χ1) is 15.1. The molecule has 1 aromatic heterocycles. The number of piperidine rings is 1. The van der Waals surface area contributed by atoms with Gasteiger partial charge in [0.2, 0.25) is 0 Å². The number of hydrogen-bond acceptors (Lipinski definition) is 4. The average Bonchev–Trinajstić information content (AvgIpc) is 3.34. The number of rotatable bonds is 9. The number of methoxy groups -OCH3 is 1. The minimum absolute atomic E-state index is 0.694. The van der Waals surface area contributed by atoms with Crippen molar-refractivity contribution in [3.05, 3.63) is 52.3 Å². The molecule has 170 valence electrons. The van der Waals surface area contributed by atoms with E-state index in [0.29, 0.717) is 6.04 Å². The zero-order valence-corrected chi connectivity index (χ0v) is 19.9. The predicted octanol–water partition coefficient (Wildman–Crippen LogP) is 3.85. The highest BCUT2D eigenvalue weighted by Crippen LogP contribution is 2.29. The number of nitrogens with zero attached hydrogens (tertiary/aromatic N) is 4. The van der Waals surface area contributed by atoms with Crippen molar-refractivity contribution >= 4 is 0 Å². The number of hydrogen-bond donors (Lipinski definition) is 0. The second-order valence-corrected chi connectivity index (χ2v) is 9.53. The lowest BCUT2D eigenvalue weighted by molar-refractivity contribution is 0.0842. The minimum Gasteiger partial charge on any atom is -0.383 e. The lowest BCUT2D eigenvalue weighted by Gasteiger charge is -2.38. The largest absolute Gasteiger partial charge is 0.383 e. The second kappa shape index (κ2) is 10.3. The van der Waals surface area contributed by atoms with Crippen LogP contribution in [0.4, 0.5) is 0 Å². The summed E-state index contributed by atoms with van der Waals surface area (Å²) in [6.07, 6.45) is 5.11. The topological polar surface area (TPSA) is 33.5 Å². The van der Waals surface area contributed by atoms with Crippen molar-refractivity contribution in [3.63, 3.8) is 0 Å². The number of fused-ring (bicyclic) bond motifs is 1. The molecule has 0 radical (unpaired) electrons. The summed E-state index contributed by atoms with van der Waals surface area (Å²) in [4.78, 5) is 5.40. The fraction of sp³-hybridized carbons (Fsp3) is 0.654. The van der Waals surface area contributed by atoms with Crippen LogP contribution in [-0.2, 0) is 30.7 Å². The quantitative estimate of drug-likeness (QED) is 0.612. The van der Waals surface area contributed by atoms with Gasteiger partial charge in [0, 0.05) is 57.1 Å². The van der Waals surface area contributed by atoms with E-state index in [4.69, 9.17) is 9.84 Å². The van der Waals surface area contributed by atoms with Gasteiger partial charge < -0.3 is 4.74 Å². The van der Waals surface area contributed by atoms with E-state index in [0.717, 1.165) is 38.7 Å². The molecule has 1 aromatic carbocycles. The van der Waals surface area contributed by atoms with Gasteiger partial charge in [-0.3, -0.25) is 14.5 Å². The van der Waals surface area contributed by atoms with Crippen LogP contribution in [0.1, 0.15) is 47.8 Å². The number of aryl methyl sites for hydroxylation is 2. The number of ether oxygens (including phenoxy) is 1. The molecule has 0 saturated carbocycles. The first-order valence-corrected chi connectivity index (χ1v) is 12.1. The van der Waals surface area contributed by atoms with Gasteiger partial charge in [-0.1, -0.05) is 24.3 Å². The van der Waals surface area contributed by atoms with Crippen molar-refractivity contribution in [2.24, 2.45) is 5.92 Å². The first kappa shape index (κ1) is 22.5. The van der Waals surface area contributed by atoms with E-state index in [9.17, 15) is 0 Å². The van der Waals surface area contributed by atoms with Gasteiger partial charge >= 0.3 is 0 Å². The third-order valence-corrected chi connectivity index (χ3v) is 7.44. The van der Waals surface area contributed by atoms with Gasteiger partial charge in [-0.25, -0.2) is 0 Å². The predicted molar refractivity (Wildman–Crippen MR) is 126 cm³/mol. The Morgan fingerprint density at radius 2 is 1.90 bits per heavy atom. The van der Waals surface area contributed by atoms with E-state index in [-0.39, 0.29) is 0 Å². The van der Waals surface area contributed by atoms with Crippen LogP contribution in [0.25, 0.3) is 0 Å². The van der Waals surface area contributed by atoms with Crippen LogP contribution in [0.2, 0.25) is 0 Å². The molecule has 0 spiro atoms. The number of likely N-dealkylation sites (tertiary alicyclic amines) is 1. The molecule has 0 unspecified atom stereocenters. The first-order valence-electron chi connectivity index (χ1n) is 12.1. The highest BCUT2D eigenvalue weighted by Gasteiger charge is 2.31. The molecule has 0 bridgehead atoms. The summed E-state index contributed by atoms with van der Waals surface area (Å²) in [6.45, 7) is 13.9. The molecule has 0 N–H and O–H groups in total. The Morgan fingerprint density at radius 3 is 2.55 bits per heavy atom. The van der Waals surface area contributed by atoms with Crippen LogP contribution in [0, 0.1) is 19.8 Å². The molecule has 31 heavy (non-hydrogen) atoms. The summed E-state index contributed by atoms with van der Waals surface area (Å²) < 4.78 is 7.59. The van der Waals surface area contributed by atoms with E-state index in [1.807, 2.05) is 7.11 Å². The summed E-state index contributed by atoms with van der Waals surface area (Å²) in [5, 5.41) is 4.74. The van der Waals surface area contributed by atoms with Gasteiger partial charge in [0.25, 0.3) is 0 Å². The lowest BCUT2D eigenvalue weighted by atomic mass is 9.95. The lowest BCUT2D eigenvalue weighted by Crippen LogP contribution is -2.46. The maximum Gasteiger partial charge on any atom is 0.0641 e. The summed E-state index contributed by atoms with van der Waals surface area (Å²) in [6, 6.07) is 9.73. The summed E-state index contributed by atoms with van der Waals surface area (Å²) >= 11 is 0. The molecule has 1 aliphatic heterocycles. The molecule has 2 heterocycles. The number of aromatic nitrogens is 2. The summed E-state index contributed by atoms with van der Waals surface area (Å²) in [5.74, 6) is 0.733. The smallest absolute Gasteiger partial charge is 0.0641 e. The third kappa shape index (κ3) is 5.21. The van der Waals surface area contributed by atoms with Gasteiger partial charge in [-0.15, -0.1) is 0 Å². The monoisotopic (exact) mass is 424 g/mol. The van der Waals surface area contributed by atoms with E-state index in [2.05, 4.69) is 59.5 Å². The second-order valence-electron chi connectivity index (χ2n) is 9.53. The Kier molecular flexibility index (Phi) is 7.47. The van der Waals surface area contributed by atoms with Crippen LogP contribution < -0.4 is 0 Å². The SMILES string of the molecule is CCn1nc(C)c(CN(CCOC)C[C@@H]2CCCN(C3Cc4ccccc4C3)C2)c1C. The van der Waals surface area contributed by atoms with Gasteiger partial charge in [0.05, 0.1) is 12.3 Å². The van der Waals surface area contributed by atoms with E-state index < -0.39 is 0 Å². The molecule has 1 saturated heterocycles. The molecule has 4 rings (SSSR count). The third-order valence-electron chi connectivity index (χ3n) is 7.44. The molecule has 2 aromatic rings. The van der Waals surface area contributed by atoms with Gasteiger partial charge in [-0.2, -0.15) is 5.10 Å². The Morgan fingerprint density at radius 1 is 1.16 bits per heavy atom. The van der Waals surface area contributed by atoms with Crippen molar-refractivity contribution in [2.75, 3.05) is 39.9 Å². The van der Waals surface area contributed by atoms with Gasteiger partial charge in [0.15, 0.2) is 0 Å². The average molecular weight is 425 g/mol. The molecule has 1 atom stereocenters. The Labute approximate surface area is 188 Å². The van der Waals surface area contributed by atoms with E-state index in [1.165, 1.54) is 55.7 Å². The van der Waals surface area contributed by atoms with Crippen LogP contribution in [0.3, 0.4) is 0 Å². The van der Waals surface area contributed by atoms with Crippen molar-refractivity contribution in [2.45, 2.75) is 65.6 Å². The summed E-state index contributed by atoms with van der Waals surface area (Å²) in [5.41, 5.74) is 7.02. The maximum absolute atomic E-state index is 5.45. The number of benzene rings is 1. The van der Waals surface area contributed by atoms with Crippen LogP contribution in [0.15, 0.2) is 24.3 Å². The van der Waals surface area contributed by atoms with Crippen molar-refractivity contribution in [1.29, 1.82) is 0 Å². The Bertz CT molecular complexity index is 836. The zero-order chi connectivity index (χ0) is 21.8. The molecular formula is C26H40N4O. The Balaban J connectivity index is 1.39. The molecule has 1 fully saturated rings. The molecular weight excluding hydrogens is 384 g/mol. The highest BCUT2D eigenvalue weighted by molar-refractivity contribution is 5.33. The van der Waals surface area contributed by atoms with E-state index in [1.54, 1.807) is 11.1 Å². The van der Waals surface area contributed by atoms with Crippen LogP contribution >= 0.6 is 0 Å². The Hall–Kier alpha value is -1.69. The molecule has 5 nitrogen and oxygen atoms in total. The fourth-order valence-corrected chi connectivity index (χ4v) is 5.69. The minimum atomic E-state index is 0.694. The molecule has 1 aliphatic carbocycles. The maximum atomic E-state index is 5.45. The van der Waals surface area contributed by atoms with E-state index >= 15 is 0 Å².